The molecule has 1 aromatic heterocycles. The number of H-pyrrole nitrogens is 1. The normalized spacial score (nSPS) is 11.6. The number of benzene rings is 2. The summed E-state index contributed by atoms with van der Waals surface area (Å²) in [4.78, 5) is 29.0. The lowest BCUT2D eigenvalue weighted by Crippen LogP contribution is -2.18. The van der Waals surface area contributed by atoms with Crippen LogP contribution in [0.15, 0.2) is 41.5 Å². The molecule has 2 aromatic carbocycles. The molecule has 3 N–H and O–H groups in total. The number of aromatic amines is 1. The molecule has 3 rings (SSSR count). The van der Waals surface area contributed by atoms with E-state index in [4.69, 9.17) is 23.2 Å². The van der Waals surface area contributed by atoms with E-state index in [-0.39, 0.29) is 29.3 Å². The fraction of sp³-hybridized carbons (Fsp3) is 0.0625. The van der Waals surface area contributed by atoms with Crippen molar-refractivity contribution in [3.63, 3.8) is 0 Å². The van der Waals surface area contributed by atoms with Crippen LogP contribution in [-0.4, -0.2) is 31.7 Å². The van der Waals surface area contributed by atoms with Crippen LogP contribution in [0.4, 0.5) is 11.6 Å². The van der Waals surface area contributed by atoms with Crippen LogP contribution in [0.1, 0.15) is 5.56 Å². The average molecular weight is 408 g/mol. The van der Waals surface area contributed by atoms with Crippen LogP contribution in [-0.2, 0) is 11.2 Å². The quantitative estimate of drug-likeness (QED) is 0.322. The third kappa shape index (κ3) is 4.15. The SMILES string of the molecule is O=C(O)/C(Cc1ccccc1[N+](=O)[O-])=N/Nc1nc2cc(Cl)c(Cl)cc2[nH]1. The highest BCUT2D eigenvalue weighted by molar-refractivity contribution is 6.42. The molecular weight excluding hydrogens is 397 g/mol. The van der Waals surface area contributed by atoms with Crippen LogP contribution >= 0.6 is 23.2 Å². The van der Waals surface area contributed by atoms with Crippen molar-refractivity contribution in [3.05, 3.63) is 62.1 Å². The predicted molar refractivity (Wildman–Crippen MR) is 102 cm³/mol. The van der Waals surface area contributed by atoms with E-state index >= 15 is 0 Å². The molecule has 0 radical (unpaired) electrons. The number of carboxylic acids is 1. The van der Waals surface area contributed by atoms with Crippen LogP contribution in [0.5, 0.6) is 0 Å². The van der Waals surface area contributed by atoms with Crippen molar-refractivity contribution in [1.29, 1.82) is 0 Å². The van der Waals surface area contributed by atoms with Gasteiger partial charge in [-0.1, -0.05) is 41.4 Å². The van der Waals surface area contributed by atoms with E-state index in [1.807, 2.05) is 0 Å². The summed E-state index contributed by atoms with van der Waals surface area (Å²) < 4.78 is 0. The lowest BCUT2D eigenvalue weighted by Gasteiger charge is -2.03. The number of fused-ring (bicyclic) bond motifs is 1. The Labute approximate surface area is 161 Å². The number of nitro groups is 1. The minimum atomic E-state index is -1.32. The van der Waals surface area contributed by atoms with Gasteiger partial charge in [-0.2, -0.15) is 5.10 Å². The van der Waals surface area contributed by atoms with Gasteiger partial charge in [0, 0.05) is 18.1 Å². The highest BCUT2D eigenvalue weighted by Gasteiger charge is 2.18. The molecule has 0 fully saturated rings. The number of para-hydroxylation sites is 1. The second-order valence-corrected chi connectivity index (χ2v) is 6.22. The van der Waals surface area contributed by atoms with Crippen molar-refractivity contribution < 1.29 is 14.8 Å². The van der Waals surface area contributed by atoms with E-state index in [9.17, 15) is 20.0 Å². The number of imidazole rings is 1. The van der Waals surface area contributed by atoms with E-state index in [0.717, 1.165) is 0 Å². The van der Waals surface area contributed by atoms with Crippen molar-refractivity contribution in [2.75, 3.05) is 5.43 Å². The zero-order valence-corrected chi connectivity index (χ0v) is 15.0. The van der Waals surface area contributed by atoms with E-state index in [2.05, 4.69) is 20.5 Å². The van der Waals surface area contributed by atoms with Gasteiger partial charge in [0.05, 0.1) is 26.0 Å². The number of hydrogen-bond donors (Lipinski definition) is 3. The van der Waals surface area contributed by atoms with Crippen LogP contribution in [0, 0.1) is 10.1 Å². The van der Waals surface area contributed by atoms with Gasteiger partial charge in [-0.15, -0.1) is 0 Å². The predicted octanol–water partition coefficient (Wildman–Crippen LogP) is 3.87. The molecule has 0 aliphatic rings. The Hall–Kier alpha value is -3.17. The number of hydrogen-bond acceptors (Lipinski definition) is 6. The summed E-state index contributed by atoms with van der Waals surface area (Å²) in [6, 6.07) is 8.99. The Balaban J connectivity index is 1.87. The van der Waals surface area contributed by atoms with Crippen LogP contribution < -0.4 is 5.43 Å². The second kappa shape index (κ2) is 7.60. The molecule has 0 aliphatic carbocycles. The number of carboxylic acid groups (broad SMARTS) is 1. The highest BCUT2D eigenvalue weighted by Crippen LogP contribution is 2.27. The maximum Gasteiger partial charge on any atom is 0.352 e. The Bertz CT molecular complexity index is 1040. The molecule has 27 heavy (non-hydrogen) atoms. The molecule has 0 bridgehead atoms. The summed E-state index contributed by atoms with van der Waals surface area (Å²) in [5.41, 5.74) is 3.33. The van der Waals surface area contributed by atoms with Crippen molar-refractivity contribution >= 4 is 57.6 Å². The summed E-state index contributed by atoms with van der Waals surface area (Å²) in [6.07, 6.45) is -0.239. The summed E-state index contributed by atoms with van der Waals surface area (Å²) >= 11 is 11.9. The molecule has 0 saturated carbocycles. The number of nitrogens with zero attached hydrogens (tertiary/aromatic N) is 3. The third-order valence-electron chi connectivity index (χ3n) is 3.61. The minimum absolute atomic E-state index is 0.171. The Kier molecular flexibility index (Phi) is 5.24. The molecule has 3 aromatic rings. The fourth-order valence-electron chi connectivity index (χ4n) is 2.36. The molecule has 0 saturated heterocycles. The van der Waals surface area contributed by atoms with Crippen molar-refractivity contribution in [2.24, 2.45) is 5.10 Å². The number of nitro benzene ring substituents is 1. The average Bonchev–Trinajstić information content (AvgIpc) is 3.00. The lowest BCUT2D eigenvalue weighted by molar-refractivity contribution is -0.385. The minimum Gasteiger partial charge on any atom is -0.477 e. The van der Waals surface area contributed by atoms with Gasteiger partial charge in [-0.25, -0.2) is 15.2 Å². The molecule has 9 nitrogen and oxygen atoms in total. The van der Waals surface area contributed by atoms with Crippen LogP contribution in [0.2, 0.25) is 10.0 Å². The molecule has 0 atom stereocenters. The number of aromatic nitrogens is 2. The largest absolute Gasteiger partial charge is 0.477 e. The van der Waals surface area contributed by atoms with E-state index in [0.29, 0.717) is 21.1 Å². The van der Waals surface area contributed by atoms with E-state index in [1.165, 1.54) is 18.2 Å². The first-order valence-electron chi connectivity index (χ1n) is 7.48. The second-order valence-electron chi connectivity index (χ2n) is 5.41. The lowest BCUT2D eigenvalue weighted by atomic mass is 10.1. The molecule has 0 spiro atoms. The van der Waals surface area contributed by atoms with Gasteiger partial charge in [-0.05, 0) is 12.1 Å². The topological polar surface area (TPSA) is 134 Å². The first-order valence-corrected chi connectivity index (χ1v) is 8.23. The summed E-state index contributed by atoms with van der Waals surface area (Å²) in [5.74, 6) is -1.15. The Morgan fingerprint density at radius 1 is 1.30 bits per heavy atom. The van der Waals surface area contributed by atoms with Crippen molar-refractivity contribution in [3.8, 4) is 0 Å². The Morgan fingerprint density at radius 2 is 2.00 bits per heavy atom. The maximum atomic E-state index is 11.5. The smallest absolute Gasteiger partial charge is 0.352 e. The molecule has 0 amide bonds. The summed E-state index contributed by atoms with van der Waals surface area (Å²) in [7, 11) is 0. The number of hydrazone groups is 1. The van der Waals surface area contributed by atoms with Crippen LogP contribution in [0.25, 0.3) is 11.0 Å². The van der Waals surface area contributed by atoms with Crippen LogP contribution in [0.3, 0.4) is 0 Å². The number of anilines is 1. The number of rotatable bonds is 6. The van der Waals surface area contributed by atoms with Gasteiger partial charge in [0.2, 0.25) is 5.95 Å². The molecule has 138 valence electrons. The van der Waals surface area contributed by atoms with Gasteiger partial charge in [0.1, 0.15) is 5.71 Å². The summed E-state index contributed by atoms with van der Waals surface area (Å²) in [5, 5.41) is 24.9. The van der Waals surface area contributed by atoms with E-state index in [1.54, 1.807) is 18.2 Å². The maximum absolute atomic E-state index is 11.5. The van der Waals surface area contributed by atoms with E-state index < -0.39 is 10.9 Å². The van der Waals surface area contributed by atoms with Gasteiger partial charge >= 0.3 is 5.97 Å². The zero-order valence-electron chi connectivity index (χ0n) is 13.4. The molecular formula is C16H11Cl2N5O4. The number of halogens is 2. The standard InChI is InChI=1S/C16H11Cl2N5O4/c17-9-6-11-12(7-10(9)18)20-16(19-11)22-21-13(15(24)25)5-8-3-1-2-4-14(8)23(26)27/h1-4,6-7H,5H2,(H,24,25)(H2,19,20,22)/b21-13+. The molecule has 0 aliphatic heterocycles. The number of nitrogens with one attached hydrogen (secondary N) is 2. The third-order valence-corrected chi connectivity index (χ3v) is 4.34. The number of aliphatic carboxylic acids is 1. The fourth-order valence-corrected chi connectivity index (χ4v) is 2.68. The number of carbonyl (C=O) groups is 1. The monoisotopic (exact) mass is 407 g/mol. The van der Waals surface area contributed by atoms with Crippen molar-refractivity contribution in [2.45, 2.75) is 6.42 Å². The van der Waals surface area contributed by atoms with Crippen molar-refractivity contribution in [1.82, 2.24) is 9.97 Å². The van der Waals surface area contributed by atoms with Gasteiger partial charge in [-0.3, -0.25) is 10.1 Å². The highest BCUT2D eigenvalue weighted by atomic mass is 35.5. The summed E-state index contributed by atoms with van der Waals surface area (Å²) in [6.45, 7) is 0. The first kappa shape index (κ1) is 18.6. The Morgan fingerprint density at radius 3 is 2.70 bits per heavy atom. The van der Waals surface area contributed by atoms with Gasteiger partial charge in [0.15, 0.2) is 0 Å². The van der Waals surface area contributed by atoms with Gasteiger partial charge < -0.3 is 10.1 Å². The van der Waals surface area contributed by atoms with Gasteiger partial charge in [0.25, 0.3) is 5.69 Å². The molecule has 0 unspecified atom stereocenters. The molecule has 1 heterocycles. The first-order chi connectivity index (χ1) is 12.8. The molecule has 11 heteroatoms. The zero-order chi connectivity index (χ0) is 19.6.